The molecule has 1 aliphatic heterocycles. The molecule has 0 saturated heterocycles. The first kappa shape index (κ1) is 76.7. The monoisotopic (exact) mass is 1310 g/mol. The van der Waals surface area contributed by atoms with Crippen molar-refractivity contribution in [3.63, 3.8) is 0 Å². The standard InChI is InChI=1S/C38H37Cl2N3O19S3.3C6H15N/c39-25-18-20(63(48,49)50)19-26(40)34(25)61-29(44)8-10-57-12-14-59-16-17-60-15-13-58-11-9-43-37(45)23-2-1-3-24(38(46)47)31(23)30-21-4-6-27(41)35(64(51,52)53)32(21)62-33-22(30)5-7-28(42)36(33)65(54,55)56;3*1-4-7(5-2)6-3/h1-7,18-19,41H,8-17,42H2,(H,43,45)(H,46,47)(H,48,49,50)(H,51,52,53)(H,54,55,56);3*4-6H2,1-3H3. The van der Waals surface area contributed by atoms with Crippen LogP contribution in [0.15, 0.2) is 73.7 Å². The summed E-state index contributed by atoms with van der Waals surface area (Å²) in [4.78, 5) is 42.9. The van der Waals surface area contributed by atoms with Crippen LogP contribution >= 0.6 is 23.2 Å². The molecule has 3 aromatic rings. The topological polar surface area (TPSA) is 365 Å². The number of nitrogen functional groups attached to an aromatic ring is 1. The summed E-state index contributed by atoms with van der Waals surface area (Å²) in [5.41, 5.74) is 2.87. The number of benzene rings is 4. The average Bonchev–Trinajstić information content (AvgIpc) is 0.874. The third-order valence-electron chi connectivity index (χ3n) is 12.9. The fraction of sp³-hybridized carbons (Fsp3) is 0.500. The van der Waals surface area contributed by atoms with Gasteiger partial charge in [0.15, 0.2) is 26.9 Å². The number of nitrogens with zero attached hydrogens (tertiary/aromatic N) is 3. The Kier molecular flexibility index (Phi) is 34.0. The zero-order valence-electron chi connectivity index (χ0n) is 49.9. The summed E-state index contributed by atoms with van der Waals surface area (Å²) >= 11 is 11.8. The molecule has 1 amide bonds. The molecule has 1 heterocycles. The number of nitrogens with one attached hydrogen (secondary N) is 2. The lowest BCUT2D eigenvalue weighted by Gasteiger charge is -2.21. The maximum absolute atomic E-state index is 13.7. The lowest BCUT2D eigenvalue weighted by Crippen LogP contribution is -2.28. The van der Waals surface area contributed by atoms with E-state index in [4.69, 9.17) is 67.0 Å². The van der Waals surface area contributed by atoms with E-state index >= 15 is 0 Å². The molecule has 482 valence electrons. The van der Waals surface area contributed by atoms with Crippen molar-refractivity contribution in [1.29, 1.82) is 5.41 Å². The van der Waals surface area contributed by atoms with Crippen LogP contribution < -0.4 is 21.1 Å². The van der Waals surface area contributed by atoms with E-state index in [0.717, 1.165) is 36.4 Å². The maximum Gasteiger partial charge on any atom is 0.336 e. The van der Waals surface area contributed by atoms with Gasteiger partial charge in [0, 0.05) is 34.2 Å². The first-order valence-electron chi connectivity index (χ1n) is 27.7. The Morgan fingerprint density at radius 1 is 0.593 bits per heavy atom. The van der Waals surface area contributed by atoms with E-state index in [9.17, 15) is 53.8 Å². The van der Waals surface area contributed by atoms with Gasteiger partial charge in [0.05, 0.1) is 90.8 Å². The largest absolute Gasteiger partial charge is 0.478 e. The second-order valence-electron chi connectivity index (χ2n) is 18.1. The van der Waals surface area contributed by atoms with Gasteiger partial charge in [-0.2, -0.15) is 25.3 Å². The number of fused-ring (bicyclic) bond motifs is 2. The molecule has 0 bridgehead atoms. The second kappa shape index (κ2) is 38.1. The summed E-state index contributed by atoms with van der Waals surface area (Å²) < 4.78 is 134. The summed E-state index contributed by atoms with van der Waals surface area (Å²) in [6.45, 7) is 31.0. The van der Waals surface area contributed by atoms with E-state index in [1.54, 1.807) is 0 Å². The number of hydrogen-bond acceptors (Lipinski definition) is 20. The van der Waals surface area contributed by atoms with E-state index in [1.165, 1.54) is 77.1 Å². The minimum atomic E-state index is -5.27. The number of carbonyl (C=O) groups is 3. The molecule has 5 rings (SSSR count). The SMILES string of the molecule is CCN(CC)CC.CCN(CC)CC.CCN(CC)CC.N=c1ccc2c(-c3c(C(=O)O)cccc3C(=O)NCCOCCOCCOCCOCCC(=O)Oc3c(Cl)cc(S(=O)(=O)O)cc3Cl)c3ccc(N)c(S(=O)(=O)O)c3oc-2c1S(=O)(=O)O. The highest BCUT2D eigenvalue weighted by atomic mass is 35.5. The Morgan fingerprint density at radius 3 is 1.45 bits per heavy atom. The normalized spacial score (nSPS) is 11.7. The van der Waals surface area contributed by atoms with Crippen molar-refractivity contribution >= 4 is 88.1 Å². The average molecular weight is 1310 g/mol. The van der Waals surface area contributed by atoms with Gasteiger partial charge >= 0.3 is 11.9 Å². The van der Waals surface area contributed by atoms with Crippen molar-refractivity contribution in [1.82, 2.24) is 20.0 Å². The van der Waals surface area contributed by atoms with Crippen LogP contribution in [0.2, 0.25) is 10.0 Å². The summed E-state index contributed by atoms with van der Waals surface area (Å²) in [7, 11) is -15.1. The van der Waals surface area contributed by atoms with Crippen molar-refractivity contribution < 1.29 is 86.5 Å². The van der Waals surface area contributed by atoms with Crippen LogP contribution in [0, 0.1) is 5.41 Å². The Morgan fingerprint density at radius 2 is 1.03 bits per heavy atom. The summed E-state index contributed by atoms with van der Waals surface area (Å²) in [5, 5.41) is 19.4. The molecule has 0 fully saturated rings. The van der Waals surface area contributed by atoms with Gasteiger partial charge in [-0.25, -0.2) is 4.79 Å². The number of aromatic carboxylic acids is 1. The van der Waals surface area contributed by atoms with Gasteiger partial charge < -0.3 is 59.0 Å². The van der Waals surface area contributed by atoms with Gasteiger partial charge in [-0.1, -0.05) is 91.6 Å². The minimum absolute atomic E-state index is 0.0398. The maximum atomic E-state index is 13.7. The first-order chi connectivity index (χ1) is 40.6. The molecule has 0 atom stereocenters. The zero-order chi connectivity index (χ0) is 65.0. The lowest BCUT2D eigenvalue weighted by atomic mass is 9.87. The fourth-order valence-corrected chi connectivity index (χ4v) is 10.9. The summed E-state index contributed by atoms with van der Waals surface area (Å²) in [5.74, 6) is -4.25. The van der Waals surface area contributed by atoms with Gasteiger partial charge in [-0.05, 0) is 107 Å². The van der Waals surface area contributed by atoms with Crippen molar-refractivity contribution in [2.24, 2.45) is 0 Å². The van der Waals surface area contributed by atoms with Gasteiger partial charge in [-0.15, -0.1) is 0 Å². The molecular weight excluding hydrogens is 1230 g/mol. The number of nitrogens with two attached hydrogens (primary N) is 1. The quantitative estimate of drug-likeness (QED) is 0.00554. The molecule has 0 radical (unpaired) electrons. The Bertz CT molecular complexity index is 3290. The summed E-state index contributed by atoms with van der Waals surface area (Å²) in [6, 6.07) is 9.74. The van der Waals surface area contributed by atoms with Crippen LogP contribution in [-0.4, -0.2) is 195 Å². The lowest BCUT2D eigenvalue weighted by molar-refractivity contribution is -0.135. The van der Waals surface area contributed by atoms with Crippen LogP contribution in [-0.2, 0) is 54.1 Å². The third-order valence-corrected chi connectivity index (χ3v) is 16.2. The highest BCUT2D eigenvalue weighted by Crippen LogP contribution is 2.47. The summed E-state index contributed by atoms with van der Waals surface area (Å²) in [6.07, 6.45) is -0.200. The molecule has 2 aliphatic rings. The number of amides is 1. The van der Waals surface area contributed by atoms with E-state index in [-0.39, 0.29) is 109 Å². The highest BCUT2D eigenvalue weighted by Gasteiger charge is 2.33. The second-order valence-corrected chi connectivity index (χ2v) is 23.1. The van der Waals surface area contributed by atoms with Crippen molar-refractivity contribution in [3.8, 4) is 28.2 Å². The number of hydrogen-bond donors (Lipinski definition) is 7. The van der Waals surface area contributed by atoms with Crippen molar-refractivity contribution in [2.45, 2.75) is 83.4 Å². The predicted molar refractivity (Wildman–Crippen MR) is 328 cm³/mol. The zero-order valence-corrected chi connectivity index (χ0v) is 53.9. The molecular formula is C56H82Cl2N6O19S3. The van der Waals surface area contributed by atoms with Crippen molar-refractivity contribution in [3.05, 3.63) is 81.1 Å². The number of carboxylic acids is 1. The van der Waals surface area contributed by atoms with Gasteiger partial charge in [0.1, 0.15) is 0 Å². The molecule has 8 N–H and O–H groups in total. The molecule has 0 spiro atoms. The smallest absolute Gasteiger partial charge is 0.336 e. The van der Waals surface area contributed by atoms with Crippen molar-refractivity contribution in [2.75, 3.05) is 124 Å². The number of esters is 1. The molecule has 0 saturated carbocycles. The van der Waals surface area contributed by atoms with Crippen LogP contribution in [0.25, 0.3) is 33.4 Å². The van der Waals surface area contributed by atoms with Crippen LogP contribution in [0.3, 0.4) is 0 Å². The van der Waals surface area contributed by atoms with Gasteiger partial charge in [0.25, 0.3) is 36.3 Å². The Hall–Kier alpha value is -5.41. The number of halogens is 2. The highest BCUT2D eigenvalue weighted by molar-refractivity contribution is 7.86. The number of carbonyl (C=O) groups excluding carboxylic acids is 2. The number of anilines is 1. The van der Waals surface area contributed by atoms with E-state index in [0.29, 0.717) is 0 Å². The van der Waals surface area contributed by atoms with Crippen LogP contribution in [0.4, 0.5) is 5.69 Å². The van der Waals surface area contributed by atoms with Gasteiger partial charge in [-0.3, -0.25) is 28.7 Å². The van der Waals surface area contributed by atoms with E-state index in [1.807, 2.05) is 0 Å². The predicted octanol–water partition coefficient (Wildman–Crippen LogP) is 7.85. The van der Waals surface area contributed by atoms with E-state index < -0.39 is 90.8 Å². The Labute approximate surface area is 514 Å². The Balaban J connectivity index is 0.00000102. The van der Waals surface area contributed by atoms with Gasteiger partial charge in [0.2, 0.25) is 0 Å². The molecule has 86 heavy (non-hydrogen) atoms. The molecule has 30 heteroatoms. The first-order valence-corrected chi connectivity index (χ1v) is 32.8. The fourth-order valence-electron chi connectivity index (χ4n) is 8.17. The molecule has 0 aromatic heterocycles. The minimum Gasteiger partial charge on any atom is -0.478 e. The number of rotatable bonds is 31. The van der Waals surface area contributed by atoms with Crippen LogP contribution in [0.1, 0.15) is 89.5 Å². The molecule has 25 nitrogen and oxygen atoms in total. The molecule has 0 unspecified atom stereocenters. The number of carboxylic acid groups (broad SMARTS) is 1. The number of ether oxygens (including phenoxy) is 5. The van der Waals surface area contributed by atoms with E-state index in [2.05, 4.69) is 82.3 Å². The van der Waals surface area contributed by atoms with Crippen LogP contribution in [0.5, 0.6) is 5.75 Å². The molecule has 3 aromatic carbocycles. The third kappa shape index (κ3) is 23.9. The molecule has 1 aliphatic carbocycles.